The minimum Gasteiger partial charge on any atom is -0.488 e. The standard InChI is InChI=1S/C25H20Cl2N2O2/c1-16-10-19(12-20(14-28)25(30)29-21-6-4-3-5-7-21)11-17(2)24(16)31-15-18-8-9-22(26)23(27)13-18/h3-13H,15H2,1-2H3,(H,29,30)/b20-12+. The maximum atomic E-state index is 12.4. The molecule has 0 heterocycles. The first-order chi connectivity index (χ1) is 14.9. The van der Waals surface area contributed by atoms with Crippen LogP contribution < -0.4 is 10.1 Å². The summed E-state index contributed by atoms with van der Waals surface area (Å²) in [7, 11) is 0. The van der Waals surface area contributed by atoms with E-state index in [0.29, 0.717) is 22.3 Å². The lowest BCUT2D eigenvalue weighted by molar-refractivity contribution is -0.112. The van der Waals surface area contributed by atoms with Crippen LogP contribution in [0.4, 0.5) is 5.69 Å². The van der Waals surface area contributed by atoms with Crippen LogP contribution in [0.5, 0.6) is 5.75 Å². The van der Waals surface area contributed by atoms with Crippen LogP contribution in [0.1, 0.15) is 22.3 Å². The number of nitrogens with zero attached hydrogens (tertiary/aromatic N) is 1. The van der Waals surface area contributed by atoms with Crippen molar-refractivity contribution < 1.29 is 9.53 Å². The number of amides is 1. The second kappa shape index (κ2) is 10.2. The van der Waals surface area contributed by atoms with E-state index in [4.69, 9.17) is 27.9 Å². The molecule has 0 aliphatic carbocycles. The van der Waals surface area contributed by atoms with Gasteiger partial charge in [0.2, 0.25) is 0 Å². The lowest BCUT2D eigenvalue weighted by Crippen LogP contribution is -2.13. The van der Waals surface area contributed by atoms with Gasteiger partial charge in [0.15, 0.2) is 0 Å². The number of nitrogens with one attached hydrogen (secondary N) is 1. The van der Waals surface area contributed by atoms with Crippen LogP contribution in [0, 0.1) is 25.2 Å². The van der Waals surface area contributed by atoms with Gasteiger partial charge in [-0.3, -0.25) is 4.79 Å². The van der Waals surface area contributed by atoms with Crippen molar-refractivity contribution >= 4 is 40.9 Å². The summed E-state index contributed by atoms with van der Waals surface area (Å²) in [5.41, 5.74) is 4.09. The first-order valence-electron chi connectivity index (χ1n) is 9.53. The number of carbonyl (C=O) groups excluding carboxylic acids is 1. The number of benzene rings is 3. The van der Waals surface area contributed by atoms with Gasteiger partial charge in [-0.1, -0.05) is 47.5 Å². The minimum absolute atomic E-state index is 0.0205. The molecule has 0 saturated heterocycles. The third-order valence-corrected chi connectivity index (χ3v) is 5.30. The summed E-state index contributed by atoms with van der Waals surface area (Å²) >= 11 is 12.0. The first-order valence-corrected chi connectivity index (χ1v) is 10.3. The van der Waals surface area contributed by atoms with Crippen molar-refractivity contribution in [1.82, 2.24) is 0 Å². The van der Waals surface area contributed by atoms with Crippen LogP contribution in [-0.2, 0) is 11.4 Å². The van der Waals surface area contributed by atoms with E-state index in [1.165, 1.54) is 0 Å². The van der Waals surface area contributed by atoms with Gasteiger partial charge < -0.3 is 10.1 Å². The molecule has 0 aliphatic heterocycles. The van der Waals surface area contributed by atoms with Crippen LogP contribution in [0.2, 0.25) is 10.0 Å². The molecule has 31 heavy (non-hydrogen) atoms. The Kier molecular flexibility index (Phi) is 7.36. The highest BCUT2D eigenvalue weighted by molar-refractivity contribution is 6.42. The Bertz CT molecular complexity index is 1160. The second-order valence-electron chi connectivity index (χ2n) is 7.01. The normalized spacial score (nSPS) is 11.0. The molecule has 1 N–H and O–H groups in total. The van der Waals surface area contributed by atoms with E-state index < -0.39 is 5.91 Å². The summed E-state index contributed by atoms with van der Waals surface area (Å²) in [6.07, 6.45) is 1.57. The number of nitriles is 1. The average molecular weight is 451 g/mol. The van der Waals surface area contributed by atoms with Crippen LogP contribution in [-0.4, -0.2) is 5.91 Å². The smallest absolute Gasteiger partial charge is 0.266 e. The van der Waals surface area contributed by atoms with Gasteiger partial charge in [-0.05, 0) is 78.6 Å². The summed E-state index contributed by atoms with van der Waals surface area (Å²) in [5, 5.41) is 13.2. The molecule has 0 spiro atoms. The van der Waals surface area contributed by atoms with Gasteiger partial charge in [0, 0.05) is 5.69 Å². The zero-order chi connectivity index (χ0) is 22.4. The molecule has 156 valence electrons. The van der Waals surface area contributed by atoms with E-state index >= 15 is 0 Å². The van der Waals surface area contributed by atoms with Crippen molar-refractivity contribution in [3.8, 4) is 11.8 Å². The van der Waals surface area contributed by atoms with Crippen LogP contribution in [0.3, 0.4) is 0 Å². The van der Waals surface area contributed by atoms with E-state index in [9.17, 15) is 10.1 Å². The third-order valence-electron chi connectivity index (χ3n) is 4.56. The predicted octanol–water partition coefficient (Wildman–Crippen LogP) is 6.73. The predicted molar refractivity (Wildman–Crippen MR) is 125 cm³/mol. The molecule has 0 radical (unpaired) electrons. The molecule has 0 aromatic heterocycles. The highest BCUT2D eigenvalue weighted by Crippen LogP contribution is 2.28. The van der Waals surface area contributed by atoms with Gasteiger partial charge in [-0.2, -0.15) is 5.26 Å². The molecule has 6 heteroatoms. The highest BCUT2D eigenvalue weighted by atomic mass is 35.5. The number of hydrogen-bond donors (Lipinski definition) is 1. The lowest BCUT2D eigenvalue weighted by atomic mass is 10.0. The molecule has 0 saturated carbocycles. The topological polar surface area (TPSA) is 62.1 Å². The Balaban J connectivity index is 1.77. The summed E-state index contributed by atoms with van der Waals surface area (Å²) in [6, 6.07) is 20.1. The maximum Gasteiger partial charge on any atom is 0.266 e. The van der Waals surface area contributed by atoms with Crippen LogP contribution in [0.25, 0.3) is 6.08 Å². The molecule has 1 amide bonds. The lowest BCUT2D eigenvalue weighted by Gasteiger charge is -2.14. The number of anilines is 1. The molecule has 0 unspecified atom stereocenters. The molecule has 3 aromatic carbocycles. The fraction of sp³-hybridized carbons (Fsp3) is 0.120. The summed E-state index contributed by atoms with van der Waals surface area (Å²) in [5.74, 6) is 0.291. The van der Waals surface area contributed by atoms with Gasteiger partial charge in [-0.15, -0.1) is 0 Å². The summed E-state index contributed by atoms with van der Waals surface area (Å²) < 4.78 is 5.99. The quantitative estimate of drug-likeness (QED) is 0.334. The summed E-state index contributed by atoms with van der Waals surface area (Å²) in [6.45, 7) is 4.19. The number of aryl methyl sites for hydroxylation is 2. The fourth-order valence-corrected chi connectivity index (χ4v) is 3.44. The fourth-order valence-electron chi connectivity index (χ4n) is 3.11. The number of halogens is 2. The van der Waals surface area contributed by atoms with Crippen molar-refractivity contribution in [2.75, 3.05) is 5.32 Å². The third kappa shape index (κ3) is 5.88. The second-order valence-corrected chi connectivity index (χ2v) is 7.83. The highest BCUT2D eigenvalue weighted by Gasteiger charge is 2.12. The average Bonchev–Trinajstić information content (AvgIpc) is 2.74. The number of carbonyl (C=O) groups is 1. The van der Waals surface area contributed by atoms with Gasteiger partial charge in [0.25, 0.3) is 5.91 Å². The number of hydrogen-bond acceptors (Lipinski definition) is 3. The Morgan fingerprint density at radius 3 is 2.32 bits per heavy atom. The van der Waals surface area contributed by atoms with Gasteiger partial charge in [-0.25, -0.2) is 0 Å². The Labute approximate surface area is 191 Å². The van der Waals surface area contributed by atoms with Crippen molar-refractivity contribution in [3.63, 3.8) is 0 Å². The number of ether oxygens (including phenoxy) is 1. The van der Waals surface area contributed by atoms with E-state index in [1.807, 2.05) is 56.3 Å². The maximum absolute atomic E-state index is 12.4. The Morgan fingerprint density at radius 1 is 1.03 bits per heavy atom. The van der Waals surface area contributed by atoms with Gasteiger partial charge >= 0.3 is 0 Å². The van der Waals surface area contributed by atoms with E-state index in [0.717, 1.165) is 28.0 Å². The van der Waals surface area contributed by atoms with Crippen molar-refractivity contribution in [3.05, 3.63) is 98.5 Å². The monoisotopic (exact) mass is 450 g/mol. The van der Waals surface area contributed by atoms with Crippen LogP contribution in [0.15, 0.2) is 66.2 Å². The Morgan fingerprint density at radius 2 is 1.71 bits per heavy atom. The molecule has 4 nitrogen and oxygen atoms in total. The summed E-state index contributed by atoms with van der Waals surface area (Å²) in [4.78, 5) is 12.4. The Hall–Kier alpha value is -3.26. The van der Waals surface area contributed by atoms with Gasteiger partial charge in [0.05, 0.1) is 10.0 Å². The molecule has 3 aromatic rings. The van der Waals surface area contributed by atoms with Crippen LogP contribution >= 0.6 is 23.2 Å². The largest absolute Gasteiger partial charge is 0.488 e. The minimum atomic E-state index is -0.455. The van der Waals surface area contributed by atoms with Gasteiger partial charge in [0.1, 0.15) is 24.0 Å². The van der Waals surface area contributed by atoms with Crippen molar-refractivity contribution in [2.45, 2.75) is 20.5 Å². The SMILES string of the molecule is Cc1cc(/C=C(\C#N)C(=O)Nc2ccccc2)cc(C)c1OCc1ccc(Cl)c(Cl)c1. The van der Waals surface area contributed by atoms with E-state index in [-0.39, 0.29) is 5.57 Å². The molecule has 3 rings (SSSR count). The molecular formula is C25H20Cl2N2O2. The molecule has 0 atom stereocenters. The van der Waals surface area contributed by atoms with E-state index in [2.05, 4.69) is 5.32 Å². The molecule has 0 fully saturated rings. The van der Waals surface area contributed by atoms with Crippen molar-refractivity contribution in [2.24, 2.45) is 0 Å². The number of para-hydroxylation sites is 1. The molecule has 0 aliphatic rings. The van der Waals surface area contributed by atoms with Crippen molar-refractivity contribution in [1.29, 1.82) is 5.26 Å². The van der Waals surface area contributed by atoms with E-state index in [1.54, 1.807) is 30.3 Å². The molecule has 0 bridgehead atoms. The molecular weight excluding hydrogens is 431 g/mol. The zero-order valence-corrected chi connectivity index (χ0v) is 18.6. The number of rotatable bonds is 6. The first kappa shape index (κ1) is 22.4. The zero-order valence-electron chi connectivity index (χ0n) is 17.1.